The number of para-hydroxylation sites is 2. The molecular weight excluding hydrogens is 490 g/mol. The number of carbonyl (C=O) groups is 1. The minimum atomic E-state index is 0.00724. The van der Waals surface area contributed by atoms with Gasteiger partial charge in [0.1, 0.15) is 18.2 Å². The molecule has 4 aromatic rings. The Morgan fingerprint density at radius 3 is 2.44 bits per heavy atom. The van der Waals surface area contributed by atoms with Crippen molar-refractivity contribution in [1.29, 1.82) is 0 Å². The van der Waals surface area contributed by atoms with E-state index >= 15 is 0 Å². The van der Waals surface area contributed by atoms with Gasteiger partial charge in [0.15, 0.2) is 11.5 Å². The molecule has 1 heterocycles. The minimum Gasteiger partial charge on any atom is -0.493 e. The molecule has 7 heteroatoms. The summed E-state index contributed by atoms with van der Waals surface area (Å²) in [6.07, 6.45) is 4.14. The molecule has 7 nitrogen and oxygen atoms in total. The Balaban J connectivity index is 1.23. The van der Waals surface area contributed by atoms with Crippen molar-refractivity contribution in [2.45, 2.75) is 52.5 Å². The van der Waals surface area contributed by atoms with E-state index < -0.39 is 0 Å². The van der Waals surface area contributed by atoms with Crippen molar-refractivity contribution >= 4 is 16.9 Å². The Labute approximate surface area is 231 Å². The van der Waals surface area contributed by atoms with E-state index in [4.69, 9.17) is 19.2 Å². The summed E-state index contributed by atoms with van der Waals surface area (Å²) in [5.74, 6) is 3.28. The normalized spacial score (nSPS) is 11.0. The van der Waals surface area contributed by atoms with E-state index in [0.29, 0.717) is 31.1 Å². The van der Waals surface area contributed by atoms with E-state index in [1.165, 1.54) is 11.1 Å². The third-order valence-electron chi connectivity index (χ3n) is 6.72. The first-order valence-electron chi connectivity index (χ1n) is 13.6. The van der Waals surface area contributed by atoms with Gasteiger partial charge in [-0.15, -0.1) is 0 Å². The second-order valence-corrected chi connectivity index (χ2v) is 9.87. The van der Waals surface area contributed by atoms with Crippen molar-refractivity contribution < 1.29 is 19.0 Å². The number of benzene rings is 3. The number of fused-ring (bicyclic) bond motifs is 1. The van der Waals surface area contributed by atoms with Crippen LogP contribution in [0.4, 0.5) is 0 Å². The molecule has 206 valence electrons. The smallest absolute Gasteiger partial charge is 0.224 e. The van der Waals surface area contributed by atoms with Crippen LogP contribution in [0.25, 0.3) is 11.0 Å². The Morgan fingerprint density at radius 2 is 1.67 bits per heavy atom. The van der Waals surface area contributed by atoms with E-state index in [2.05, 4.69) is 60.1 Å². The topological polar surface area (TPSA) is 74.6 Å². The van der Waals surface area contributed by atoms with Gasteiger partial charge in [0, 0.05) is 13.0 Å². The maximum Gasteiger partial charge on any atom is 0.224 e. The second-order valence-electron chi connectivity index (χ2n) is 9.87. The summed E-state index contributed by atoms with van der Waals surface area (Å²) in [7, 11) is 3.19. The van der Waals surface area contributed by atoms with E-state index in [9.17, 15) is 4.79 Å². The highest BCUT2D eigenvalue weighted by atomic mass is 16.5. The van der Waals surface area contributed by atoms with Crippen LogP contribution in [-0.2, 0) is 24.2 Å². The minimum absolute atomic E-state index is 0.00724. The zero-order valence-corrected chi connectivity index (χ0v) is 23.5. The van der Waals surface area contributed by atoms with Gasteiger partial charge in [-0.2, -0.15) is 0 Å². The number of nitrogens with one attached hydrogen (secondary N) is 1. The molecule has 0 spiro atoms. The molecule has 3 aromatic carbocycles. The van der Waals surface area contributed by atoms with Gasteiger partial charge in [-0.3, -0.25) is 4.79 Å². The number of carbonyl (C=O) groups excluding carboxylic acids is 1. The van der Waals surface area contributed by atoms with Crippen molar-refractivity contribution in [3.8, 4) is 17.2 Å². The first-order valence-corrected chi connectivity index (χ1v) is 13.6. The number of rotatable bonds is 14. The average molecular weight is 530 g/mol. The Kier molecular flexibility index (Phi) is 9.84. The van der Waals surface area contributed by atoms with E-state index in [1.54, 1.807) is 14.2 Å². The van der Waals surface area contributed by atoms with Crippen LogP contribution < -0.4 is 19.5 Å². The van der Waals surface area contributed by atoms with Crippen molar-refractivity contribution in [3.05, 3.63) is 83.2 Å². The van der Waals surface area contributed by atoms with Crippen LogP contribution in [0.1, 0.15) is 41.8 Å². The van der Waals surface area contributed by atoms with Crippen LogP contribution in [0.2, 0.25) is 0 Å². The highest BCUT2D eigenvalue weighted by molar-refractivity contribution is 5.78. The zero-order valence-electron chi connectivity index (χ0n) is 23.5. The summed E-state index contributed by atoms with van der Waals surface area (Å²) in [6, 6.07) is 20.1. The maximum atomic E-state index is 12.4. The third kappa shape index (κ3) is 7.76. The van der Waals surface area contributed by atoms with Gasteiger partial charge in [-0.05, 0) is 79.8 Å². The van der Waals surface area contributed by atoms with Gasteiger partial charge in [-0.1, -0.05) is 30.7 Å². The summed E-state index contributed by atoms with van der Waals surface area (Å²) in [5.41, 5.74) is 5.46. The summed E-state index contributed by atoms with van der Waals surface area (Å²) in [4.78, 5) is 17.3. The van der Waals surface area contributed by atoms with Crippen LogP contribution in [0.15, 0.2) is 60.7 Å². The molecular formula is C32H39N3O4. The van der Waals surface area contributed by atoms with Gasteiger partial charge >= 0.3 is 0 Å². The molecule has 0 unspecified atom stereocenters. The number of aryl methyl sites for hydroxylation is 3. The quantitative estimate of drug-likeness (QED) is 0.208. The van der Waals surface area contributed by atoms with E-state index in [0.717, 1.165) is 60.4 Å². The van der Waals surface area contributed by atoms with Gasteiger partial charge in [0.2, 0.25) is 5.91 Å². The summed E-state index contributed by atoms with van der Waals surface area (Å²) < 4.78 is 19.0. The van der Waals surface area contributed by atoms with E-state index in [1.807, 2.05) is 24.3 Å². The Morgan fingerprint density at radius 1 is 0.897 bits per heavy atom. The van der Waals surface area contributed by atoms with Gasteiger partial charge < -0.3 is 24.1 Å². The molecule has 1 aromatic heterocycles. The molecule has 0 aliphatic rings. The standard InChI is InChI=1S/C32H39N3O4/c1-23-18-24(2)20-26(19-23)39-17-16-35-28-11-8-7-10-27(28)34-31(35)12-6-5-9-15-33-32(36)22-25-13-14-29(37-3)30(21-25)38-4/h7-8,10-11,13-14,18-21H,5-6,9,12,15-17,22H2,1-4H3,(H,33,36). The largest absolute Gasteiger partial charge is 0.493 e. The van der Waals surface area contributed by atoms with Crippen LogP contribution in [0.3, 0.4) is 0 Å². The SMILES string of the molecule is COc1ccc(CC(=O)NCCCCCc2nc3ccccc3n2CCOc2cc(C)cc(C)c2)cc1OC. The molecule has 4 rings (SSSR count). The highest BCUT2D eigenvalue weighted by Gasteiger charge is 2.11. The third-order valence-corrected chi connectivity index (χ3v) is 6.72. The monoisotopic (exact) mass is 529 g/mol. The van der Waals surface area contributed by atoms with Crippen molar-refractivity contribution in [3.63, 3.8) is 0 Å². The van der Waals surface area contributed by atoms with Crippen LogP contribution in [-0.4, -0.2) is 42.8 Å². The molecule has 1 N–H and O–H groups in total. The lowest BCUT2D eigenvalue weighted by atomic mass is 10.1. The number of nitrogens with zero attached hydrogens (tertiary/aromatic N) is 2. The molecule has 0 aliphatic heterocycles. The van der Waals surface area contributed by atoms with Crippen LogP contribution in [0.5, 0.6) is 17.2 Å². The number of hydrogen-bond acceptors (Lipinski definition) is 5. The van der Waals surface area contributed by atoms with Gasteiger partial charge in [0.05, 0.1) is 38.2 Å². The summed E-state index contributed by atoms with van der Waals surface area (Å²) in [5, 5.41) is 3.03. The second kappa shape index (κ2) is 13.7. The van der Waals surface area contributed by atoms with Crippen molar-refractivity contribution in [1.82, 2.24) is 14.9 Å². The number of hydrogen-bond donors (Lipinski definition) is 1. The fraction of sp³-hybridized carbons (Fsp3) is 0.375. The molecule has 0 fully saturated rings. The first kappa shape index (κ1) is 28.0. The fourth-order valence-electron chi connectivity index (χ4n) is 4.89. The lowest BCUT2D eigenvalue weighted by molar-refractivity contribution is -0.120. The number of ether oxygens (including phenoxy) is 3. The lowest BCUT2D eigenvalue weighted by Gasteiger charge is -2.12. The van der Waals surface area contributed by atoms with Crippen LogP contribution >= 0.6 is 0 Å². The molecule has 39 heavy (non-hydrogen) atoms. The Bertz CT molecular complexity index is 1380. The summed E-state index contributed by atoms with van der Waals surface area (Å²) >= 11 is 0. The average Bonchev–Trinajstić information content (AvgIpc) is 3.27. The predicted molar refractivity (Wildman–Crippen MR) is 155 cm³/mol. The first-order chi connectivity index (χ1) is 19.0. The highest BCUT2D eigenvalue weighted by Crippen LogP contribution is 2.27. The Hall–Kier alpha value is -4.00. The number of amides is 1. The molecule has 0 bridgehead atoms. The molecule has 0 radical (unpaired) electrons. The number of methoxy groups -OCH3 is 2. The molecule has 1 amide bonds. The fourth-order valence-corrected chi connectivity index (χ4v) is 4.89. The number of imidazole rings is 1. The van der Waals surface area contributed by atoms with Gasteiger partial charge in [0.25, 0.3) is 0 Å². The van der Waals surface area contributed by atoms with Gasteiger partial charge in [-0.25, -0.2) is 4.98 Å². The molecule has 0 saturated heterocycles. The zero-order chi connectivity index (χ0) is 27.6. The number of aromatic nitrogens is 2. The van der Waals surface area contributed by atoms with Crippen molar-refractivity contribution in [2.24, 2.45) is 0 Å². The lowest BCUT2D eigenvalue weighted by Crippen LogP contribution is -2.26. The number of unbranched alkanes of at least 4 members (excludes halogenated alkanes) is 2. The van der Waals surface area contributed by atoms with Crippen molar-refractivity contribution in [2.75, 3.05) is 27.4 Å². The molecule has 0 aliphatic carbocycles. The van der Waals surface area contributed by atoms with Crippen LogP contribution in [0, 0.1) is 13.8 Å². The summed E-state index contributed by atoms with van der Waals surface area (Å²) in [6.45, 7) is 6.17. The molecule has 0 saturated carbocycles. The molecule has 0 atom stereocenters. The predicted octanol–water partition coefficient (Wildman–Crippen LogP) is 5.82. The van der Waals surface area contributed by atoms with E-state index in [-0.39, 0.29) is 5.91 Å². The maximum absolute atomic E-state index is 12.4.